The molecule has 0 amide bonds. The molecule has 0 aliphatic rings. The summed E-state index contributed by atoms with van der Waals surface area (Å²) in [4.78, 5) is 4.58. The van der Waals surface area contributed by atoms with Gasteiger partial charge in [0.05, 0.1) is 5.67 Å². The van der Waals surface area contributed by atoms with Gasteiger partial charge < -0.3 is 0 Å². The molecule has 0 aromatic carbocycles. The Bertz CT molecular complexity index is 109. The molecule has 0 saturated carbocycles. The van der Waals surface area contributed by atoms with Gasteiger partial charge in [-0.2, -0.15) is 0 Å². The molecule has 8 heavy (non-hydrogen) atoms. The van der Waals surface area contributed by atoms with E-state index in [2.05, 4.69) is 17.6 Å². The number of hydrogen-bond donors (Lipinski definition) is 1. The highest BCUT2D eigenvalue weighted by Crippen LogP contribution is 2.03. The topological polar surface area (TPSA) is 12.4 Å². The Morgan fingerprint density at radius 2 is 2.50 bits per heavy atom. The summed E-state index contributed by atoms with van der Waals surface area (Å²) in [5, 5.41) is 0. The van der Waals surface area contributed by atoms with Crippen LogP contribution in [0.2, 0.25) is 0 Å². The molecular formula is C5H8ClNS. The van der Waals surface area contributed by atoms with E-state index in [1.807, 2.05) is 6.92 Å². The zero-order chi connectivity index (χ0) is 6.41. The maximum atomic E-state index is 5.13. The van der Waals surface area contributed by atoms with Crippen LogP contribution in [0.3, 0.4) is 0 Å². The molecule has 0 N–H and O–H groups in total. The lowest BCUT2D eigenvalue weighted by molar-refractivity contribution is 1.19. The van der Waals surface area contributed by atoms with Gasteiger partial charge in [0, 0.05) is 6.20 Å². The van der Waals surface area contributed by atoms with E-state index in [0.717, 1.165) is 11.3 Å². The van der Waals surface area contributed by atoms with Crippen LogP contribution < -0.4 is 0 Å². The third-order valence-corrected chi connectivity index (χ3v) is 1.19. The summed E-state index contributed by atoms with van der Waals surface area (Å²) >= 11 is 9.19. The number of hydrogen-bond acceptors (Lipinski definition) is 2. The van der Waals surface area contributed by atoms with Crippen molar-refractivity contribution >= 4 is 29.9 Å². The molecule has 3 heteroatoms. The number of thiol groups is 1. The van der Waals surface area contributed by atoms with E-state index in [9.17, 15) is 0 Å². The van der Waals surface area contributed by atoms with Gasteiger partial charge in [0.2, 0.25) is 0 Å². The van der Waals surface area contributed by atoms with Crippen LogP contribution in [0.1, 0.15) is 13.3 Å². The summed E-state index contributed by atoms with van der Waals surface area (Å²) in [6.45, 7) is 2.00. The molecule has 0 aromatic rings. The Morgan fingerprint density at radius 3 is 2.88 bits per heavy atom. The van der Waals surface area contributed by atoms with Crippen molar-refractivity contribution in [2.75, 3.05) is 0 Å². The zero-order valence-electron chi connectivity index (χ0n) is 4.63. The summed E-state index contributed by atoms with van der Waals surface area (Å²) in [5.74, 6) is 0. The van der Waals surface area contributed by atoms with E-state index >= 15 is 0 Å². The van der Waals surface area contributed by atoms with Crippen molar-refractivity contribution in [3.8, 4) is 0 Å². The van der Waals surface area contributed by atoms with Crippen LogP contribution >= 0.6 is 24.2 Å². The fourth-order valence-electron chi connectivity index (χ4n) is 0.205. The maximum Gasteiger partial charge on any atom is 0.0926 e. The number of halogens is 1. The summed E-state index contributed by atoms with van der Waals surface area (Å²) in [7, 11) is 0. The van der Waals surface area contributed by atoms with Gasteiger partial charge in [0.1, 0.15) is 0 Å². The molecule has 0 unspecified atom stereocenters. The maximum absolute atomic E-state index is 5.13. The lowest BCUT2D eigenvalue weighted by atomic mass is 10.5. The highest BCUT2D eigenvalue weighted by Gasteiger charge is 1.78. The molecule has 0 aliphatic heterocycles. The molecular weight excluding hydrogens is 142 g/mol. The van der Waals surface area contributed by atoms with Crippen molar-refractivity contribution in [1.29, 1.82) is 0 Å². The predicted octanol–water partition coefficient (Wildman–Crippen LogP) is 2.43. The largest absolute Gasteiger partial charge is 0.252 e. The van der Waals surface area contributed by atoms with Crippen molar-refractivity contribution in [3.05, 3.63) is 11.1 Å². The third-order valence-electron chi connectivity index (χ3n) is 0.642. The molecule has 1 nitrogen and oxygen atoms in total. The monoisotopic (exact) mass is 149 g/mol. The Labute approximate surface area is 59.9 Å². The number of aliphatic imine (C=N–C) groups is 1. The van der Waals surface area contributed by atoms with Crippen LogP contribution in [-0.4, -0.2) is 5.67 Å². The zero-order valence-corrected chi connectivity index (χ0v) is 6.28. The average molecular weight is 150 g/mol. The predicted molar refractivity (Wildman–Crippen MR) is 41.7 cm³/mol. The Balaban J connectivity index is 3.57. The van der Waals surface area contributed by atoms with Gasteiger partial charge >= 0.3 is 0 Å². The lowest BCUT2D eigenvalue weighted by Gasteiger charge is -1.85. The molecule has 0 spiro atoms. The average Bonchev–Trinajstić information content (AvgIpc) is 1.83. The first-order valence-corrected chi connectivity index (χ1v) is 3.19. The second-order valence-corrected chi connectivity index (χ2v) is 1.99. The minimum absolute atomic E-state index is 0.900. The summed E-state index contributed by atoms with van der Waals surface area (Å²) in [6.07, 6.45) is 2.52. The fourth-order valence-corrected chi connectivity index (χ4v) is 0.329. The molecule has 0 radical (unpaired) electrons. The molecule has 0 atom stereocenters. The molecule has 0 bridgehead atoms. The van der Waals surface area contributed by atoms with Gasteiger partial charge in [-0.25, -0.2) is 0 Å². The van der Waals surface area contributed by atoms with Crippen molar-refractivity contribution in [2.45, 2.75) is 13.3 Å². The molecule has 0 fully saturated rings. The summed E-state index contributed by atoms with van der Waals surface area (Å²) in [6, 6.07) is 0. The number of rotatable bonds is 2. The van der Waals surface area contributed by atoms with Crippen LogP contribution in [0.15, 0.2) is 16.1 Å². The van der Waals surface area contributed by atoms with Crippen LogP contribution in [0.25, 0.3) is 0 Å². The smallest absolute Gasteiger partial charge is 0.0926 e. The van der Waals surface area contributed by atoms with E-state index in [0.29, 0.717) is 0 Å². The third kappa shape index (κ3) is 4.22. The Morgan fingerprint density at radius 1 is 1.88 bits per heavy atom. The SMILES string of the molecule is CC/C(S)=C/N=C/Cl. The van der Waals surface area contributed by atoms with Crippen LogP contribution in [0.4, 0.5) is 0 Å². The molecule has 0 rings (SSSR count). The van der Waals surface area contributed by atoms with Crippen LogP contribution in [0, 0.1) is 0 Å². The van der Waals surface area contributed by atoms with Crippen molar-refractivity contribution in [3.63, 3.8) is 0 Å². The molecule has 0 aliphatic carbocycles. The molecule has 0 aromatic heterocycles. The van der Waals surface area contributed by atoms with E-state index in [1.54, 1.807) is 6.20 Å². The molecule has 46 valence electrons. The minimum atomic E-state index is 0.900. The minimum Gasteiger partial charge on any atom is -0.252 e. The highest BCUT2D eigenvalue weighted by atomic mass is 35.5. The highest BCUT2D eigenvalue weighted by molar-refractivity contribution is 7.84. The summed E-state index contributed by atoms with van der Waals surface area (Å²) < 4.78 is 0. The second kappa shape index (κ2) is 5.19. The van der Waals surface area contributed by atoms with Crippen molar-refractivity contribution in [1.82, 2.24) is 0 Å². The van der Waals surface area contributed by atoms with Gasteiger partial charge in [-0.3, -0.25) is 4.99 Å². The quantitative estimate of drug-likeness (QED) is 0.458. The van der Waals surface area contributed by atoms with Gasteiger partial charge in [0.15, 0.2) is 0 Å². The van der Waals surface area contributed by atoms with E-state index in [1.165, 1.54) is 5.67 Å². The Hall–Kier alpha value is 0.0500. The lowest BCUT2D eigenvalue weighted by Crippen LogP contribution is -1.62. The van der Waals surface area contributed by atoms with E-state index in [4.69, 9.17) is 11.6 Å². The van der Waals surface area contributed by atoms with Crippen LogP contribution in [-0.2, 0) is 0 Å². The normalized spacial score (nSPS) is 13.1. The van der Waals surface area contributed by atoms with Gasteiger partial charge in [0.25, 0.3) is 0 Å². The van der Waals surface area contributed by atoms with Gasteiger partial charge in [-0.15, -0.1) is 12.6 Å². The van der Waals surface area contributed by atoms with Gasteiger partial charge in [-0.1, -0.05) is 18.5 Å². The van der Waals surface area contributed by atoms with E-state index in [-0.39, 0.29) is 0 Å². The first kappa shape index (κ1) is 8.05. The van der Waals surface area contributed by atoms with Crippen molar-refractivity contribution < 1.29 is 0 Å². The molecule has 0 saturated heterocycles. The van der Waals surface area contributed by atoms with E-state index < -0.39 is 0 Å². The number of allylic oxidation sites excluding steroid dienone is 1. The summed E-state index contributed by atoms with van der Waals surface area (Å²) in [5.41, 5.74) is 1.21. The van der Waals surface area contributed by atoms with Crippen molar-refractivity contribution in [2.24, 2.45) is 4.99 Å². The standard InChI is InChI=1S/C5H8ClNS/c1-2-5(8)3-7-4-6/h3-4,8H,2H2,1H3/b5-3-,7-4+. The molecule has 0 heterocycles. The fraction of sp³-hybridized carbons (Fsp3) is 0.400. The van der Waals surface area contributed by atoms with Gasteiger partial charge in [-0.05, 0) is 11.3 Å². The Kier molecular flexibility index (Phi) is 5.22. The second-order valence-electron chi connectivity index (χ2n) is 1.22. The first-order chi connectivity index (χ1) is 3.81. The van der Waals surface area contributed by atoms with Crippen LogP contribution in [0.5, 0.6) is 0 Å². The number of nitrogens with zero attached hydrogens (tertiary/aromatic N) is 1. The first-order valence-electron chi connectivity index (χ1n) is 2.31.